The number of amidine groups is 2. The number of alkyl halides is 6. The topological polar surface area (TPSA) is 137 Å². The molecule has 2 fully saturated rings. The Morgan fingerprint density at radius 3 is 1.49 bits per heavy atom. The van der Waals surface area contributed by atoms with Gasteiger partial charge in [0.15, 0.2) is 27.1 Å². The number of anilines is 2. The molecule has 0 aliphatic carbocycles. The van der Waals surface area contributed by atoms with Crippen molar-refractivity contribution in [3.8, 4) is 45.6 Å². The van der Waals surface area contributed by atoms with Gasteiger partial charge in [0, 0.05) is 16.8 Å². The van der Waals surface area contributed by atoms with Crippen LogP contribution in [0.1, 0.15) is 22.3 Å². The number of ether oxygens (including phenoxy) is 2. The van der Waals surface area contributed by atoms with Crippen LogP contribution in [0.4, 0.5) is 48.0 Å². The first-order valence-electron chi connectivity index (χ1n) is 22.9. The highest BCUT2D eigenvalue weighted by molar-refractivity contribution is 8.16. The molecule has 10 aromatic rings. The summed E-state index contributed by atoms with van der Waals surface area (Å²) in [6.07, 6.45) is -6.44. The third kappa shape index (κ3) is 11.0. The van der Waals surface area contributed by atoms with E-state index in [-0.39, 0.29) is 11.5 Å². The Morgan fingerprint density at radius 2 is 1.00 bits per heavy atom. The normalized spacial score (nSPS) is 14.8. The third-order valence-electron chi connectivity index (χ3n) is 11.8. The van der Waals surface area contributed by atoms with Crippen molar-refractivity contribution in [1.29, 1.82) is 0 Å². The lowest BCUT2D eigenvalue weighted by Gasteiger charge is -2.35. The molecule has 384 valence electrons. The standard InChI is InChI=1S/2C26H19F3N6OS2/c1-15-4-3-5-16(2)22(15)32-24-34(14-37-24)25-31-20-11-6-17(12-21(20)38-25)23-30-13-35(33-23)18-7-9-19(10-8-18)36-26(27,28)29;1-15-4-3-5-16(2)22(15)34-14-37-25(34)32-24-31-20-11-6-17(12-21(20)38-24)23-30-13-35(33-23)18-7-9-19(10-8-18)36-26(27,28)29/h2*3-13H,14H2,1-2H3. The molecule has 12 rings (SSSR count). The number of nitrogens with zero attached hydrogens (tertiary/aromatic N) is 12. The molecule has 2 saturated heterocycles. The second-order valence-corrected chi connectivity index (χ2v) is 21.0. The monoisotopic (exact) mass is 1100 g/mol. The van der Waals surface area contributed by atoms with Crippen molar-refractivity contribution in [2.24, 2.45) is 9.98 Å². The smallest absolute Gasteiger partial charge is 0.406 e. The SMILES string of the molecule is Cc1cccc(C)c1N1CSC1=Nc1nc2ccc(-c3ncn(-c4ccc(OC(F)(F)F)cc4)n3)cc2s1.Cc1cccc(C)c1N=C1SCN1c1nc2ccc(-c3ncn(-c4ccc(OC(F)(F)F)cc4)n3)cc2s1. The van der Waals surface area contributed by atoms with Crippen LogP contribution in [0.5, 0.6) is 11.5 Å². The number of aliphatic imine (C=N–C) groups is 2. The highest BCUT2D eigenvalue weighted by atomic mass is 32.2. The second kappa shape index (κ2) is 20.4. The minimum atomic E-state index is -4.74. The lowest BCUT2D eigenvalue weighted by molar-refractivity contribution is -0.275. The van der Waals surface area contributed by atoms with Crippen LogP contribution < -0.4 is 19.3 Å². The molecule has 14 nitrogen and oxygen atoms in total. The fourth-order valence-corrected chi connectivity index (χ4v) is 11.7. The Hall–Kier alpha value is -7.80. The fraction of sp³-hybridized carbons (Fsp3) is 0.154. The predicted molar refractivity (Wildman–Crippen MR) is 289 cm³/mol. The van der Waals surface area contributed by atoms with Gasteiger partial charge in [-0.1, -0.05) is 82.6 Å². The first kappa shape index (κ1) is 50.4. The average Bonchev–Trinajstić information content (AvgIpc) is 4.22. The summed E-state index contributed by atoms with van der Waals surface area (Å²) in [6.45, 7) is 8.34. The Bertz CT molecular complexity index is 3810. The average molecular weight is 1110 g/mol. The quantitative estimate of drug-likeness (QED) is 0.121. The van der Waals surface area contributed by atoms with Crippen LogP contribution in [0.2, 0.25) is 0 Å². The van der Waals surface area contributed by atoms with Crippen LogP contribution in [0.3, 0.4) is 0 Å². The Balaban J connectivity index is 0.000000162. The van der Waals surface area contributed by atoms with E-state index in [1.165, 1.54) is 98.7 Å². The van der Waals surface area contributed by atoms with Gasteiger partial charge in [-0.2, -0.15) is 4.99 Å². The second-order valence-electron chi connectivity index (χ2n) is 17.1. The molecule has 4 aromatic heterocycles. The van der Waals surface area contributed by atoms with E-state index in [9.17, 15) is 26.3 Å². The third-order valence-corrected chi connectivity index (χ3v) is 15.7. The Labute approximate surface area is 445 Å². The van der Waals surface area contributed by atoms with E-state index in [1.807, 2.05) is 42.5 Å². The van der Waals surface area contributed by atoms with Crippen molar-refractivity contribution in [2.75, 3.05) is 21.6 Å². The van der Waals surface area contributed by atoms with E-state index in [0.29, 0.717) is 28.2 Å². The van der Waals surface area contributed by atoms with E-state index >= 15 is 0 Å². The summed E-state index contributed by atoms with van der Waals surface area (Å²) in [6, 6.07) is 34.9. The zero-order valence-electron chi connectivity index (χ0n) is 40.2. The van der Waals surface area contributed by atoms with Gasteiger partial charge < -0.3 is 14.4 Å². The summed E-state index contributed by atoms with van der Waals surface area (Å²) < 4.78 is 87.2. The number of aryl methyl sites for hydroxylation is 4. The maximum absolute atomic E-state index is 12.4. The lowest BCUT2D eigenvalue weighted by atomic mass is 10.1. The summed E-state index contributed by atoms with van der Waals surface area (Å²) in [4.78, 5) is 32.3. The van der Waals surface area contributed by atoms with Gasteiger partial charge in [-0.15, -0.1) is 36.5 Å². The molecular weight excluding hydrogens is 1070 g/mol. The molecule has 76 heavy (non-hydrogen) atoms. The minimum Gasteiger partial charge on any atom is -0.406 e. The van der Waals surface area contributed by atoms with E-state index < -0.39 is 12.7 Å². The summed E-state index contributed by atoms with van der Waals surface area (Å²) >= 11 is 6.45. The van der Waals surface area contributed by atoms with Gasteiger partial charge in [0.2, 0.25) is 5.13 Å². The molecule has 0 bridgehead atoms. The lowest BCUT2D eigenvalue weighted by Crippen LogP contribution is -2.39. The number of thioether (sulfide) groups is 2. The van der Waals surface area contributed by atoms with Crippen LogP contribution in [-0.4, -0.2) is 74.3 Å². The summed E-state index contributed by atoms with van der Waals surface area (Å²) in [5.41, 5.74) is 11.3. The van der Waals surface area contributed by atoms with Crippen molar-refractivity contribution in [3.05, 3.63) is 156 Å². The summed E-state index contributed by atoms with van der Waals surface area (Å²) in [5, 5.41) is 12.4. The molecule has 2 aliphatic heterocycles. The van der Waals surface area contributed by atoms with Crippen molar-refractivity contribution in [1.82, 2.24) is 39.5 Å². The molecule has 6 heterocycles. The number of thiazole rings is 2. The minimum absolute atomic E-state index is 0.295. The Morgan fingerprint density at radius 1 is 0.526 bits per heavy atom. The Kier molecular flexibility index (Phi) is 13.5. The molecule has 2 aliphatic rings. The first-order valence-corrected chi connectivity index (χ1v) is 26.6. The van der Waals surface area contributed by atoms with Crippen LogP contribution >= 0.6 is 46.2 Å². The number of hydrogen-bond donors (Lipinski definition) is 0. The number of rotatable bonds is 10. The molecule has 0 saturated carbocycles. The molecular formula is C52H38F6N12O2S4. The van der Waals surface area contributed by atoms with Gasteiger partial charge in [-0.25, -0.2) is 34.3 Å². The molecule has 0 atom stereocenters. The van der Waals surface area contributed by atoms with Crippen molar-refractivity contribution < 1.29 is 35.8 Å². The van der Waals surface area contributed by atoms with Gasteiger partial charge in [-0.05, 0) is 135 Å². The largest absolute Gasteiger partial charge is 0.573 e. The predicted octanol–water partition coefficient (Wildman–Crippen LogP) is 14.5. The van der Waals surface area contributed by atoms with Crippen LogP contribution in [0.25, 0.3) is 54.6 Å². The number of benzene rings is 6. The molecule has 0 amide bonds. The molecule has 0 radical (unpaired) electrons. The zero-order chi connectivity index (χ0) is 52.9. The maximum Gasteiger partial charge on any atom is 0.573 e. The molecule has 6 aromatic carbocycles. The van der Waals surface area contributed by atoms with Gasteiger partial charge in [0.25, 0.3) is 0 Å². The van der Waals surface area contributed by atoms with E-state index in [0.717, 1.165) is 75.6 Å². The summed E-state index contributed by atoms with van der Waals surface area (Å²) in [7, 11) is 0. The summed E-state index contributed by atoms with van der Waals surface area (Å²) in [5.74, 6) is 2.03. The van der Waals surface area contributed by atoms with Gasteiger partial charge in [0.1, 0.15) is 24.2 Å². The van der Waals surface area contributed by atoms with Crippen LogP contribution in [0, 0.1) is 27.7 Å². The molecule has 0 unspecified atom stereocenters. The van der Waals surface area contributed by atoms with E-state index in [2.05, 4.69) is 102 Å². The first-order chi connectivity index (χ1) is 36.5. The maximum atomic E-state index is 12.4. The number of hydrogen-bond acceptors (Lipinski definition) is 14. The molecule has 0 N–H and O–H groups in total. The molecule has 24 heteroatoms. The van der Waals surface area contributed by atoms with Crippen molar-refractivity contribution in [3.63, 3.8) is 0 Å². The van der Waals surface area contributed by atoms with E-state index in [1.54, 1.807) is 34.9 Å². The van der Waals surface area contributed by atoms with Gasteiger partial charge in [-0.3, -0.25) is 4.90 Å². The highest BCUT2D eigenvalue weighted by Crippen LogP contribution is 2.41. The number of para-hydroxylation sites is 2. The van der Waals surface area contributed by atoms with E-state index in [4.69, 9.17) is 15.0 Å². The molecule has 0 spiro atoms. The number of aromatic nitrogens is 8. The highest BCUT2D eigenvalue weighted by Gasteiger charge is 2.33. The number of fused-ring (bicyclic) bond motifs is 2. The van der Waals surface area contributed by atoms with Crippen molar-refractivity contribution in [2.45, 2.75) is 40.4 Å². The van der Waals surface area contributed by atoms with Crippen LogP contribution in [-0.2, 0) is 0 Å². The zero-order valence-corrected chi connectivity index (χ0v) is 43.5. The number of halogens is 6. The van der Waals surface area contributed by atoms with Gasteiger partial charge >= 0.3 is 12.7 Å². The van der Waals surface area contributed by atoms with Crippen LogP contribution in [0.15, 0.2) is 144 Å². The van der Waals surface area contributed by atoms with Crippen molar-refractivity contribution >= 4 is 98.6 Å². The fourth-order valence-electron chi connectivity index (χ4n) is 8.15. The van der Waals surface area contributed by atoms with Gasteiger partial charge in [0.05, 0.1) is 49.2 Å².